The maximum absolute atomic E-state index is 5.23. The van der Waals surface area contributed by atoms with Crippen LogP contribution >= 0.6 is 11.3 Å². The summed E-state index contributed by atoms with van der Waals surface area (Å²) in [6.07, 6.45) is 0. The molecule has 0 fully saturated rings. The highest BCUT2D eigenvalue weighted by Gasteiger charge is 2.20. The minimum absolute atomic E-state index is 0.608. The second-order valence-corrected chi connectivity index (χ2v) is 11.5. The zero-order valence-electron chi connectivity index (χ0n) is 22.4. The monoisotopic (exact) mass is 554 g/mol. The fraction of sp³-hybridized carbons (Fsp3) is 0. The fourth-order valence-electron chi connectivity index (χ4n) is 6.22. The maximum atomic E-state index is 5.23. The molecular formula is C37H22N4S. The van der Waals surface area contributed by atoms with Gasteiger partial charge in [-0.3, -0.25) is 4.57 Å². The number of rotatable bonds is 3. The van der Waals surface area contributed by atoms with E-state index < -0.39 is 0 Å². The number of hydrogen-bond donors (Lipinski definition) is 0. The molecule has 0 saturated carbocycles. The van der Waals surface area contributed by atoms with Crippen molar-refractivity contribution in [3.05, 3.63) is 133 Å². The molecule has 3 heterocycles. The van der Waals surface area contributed by atoms with Crippen molar-refractivity contribution in [2.75, 3.05) is 0 Å². The van der Waals surface area contributed by atoms with Crippen LogP contribution in [0.5, 0.6) is 0 Å². The lowest BCUT2D eigenvalue weighted by Gasteiger charge is -2.12. The van der Waals surface area contributed by atoms with E-state index in [9.17, 15) is 0 Å². The minimum Gasteiger partial charge on any atom is -0.278 e. The topological polar surface area (TPSA) is 43.6 Å². The van der Waals surface area contributed by atoms with Gasteiger partial charge in [-0.25, -0.2) is 4.98 Å². The van der Waals surface area contributed by atoms with Crippen molar-refractivity contribution < 1.29 is 0 Å². The van der Waals surface area contributed by atoms with E-state index in [-0.39, 0.29) is 0 Å². The summed E-state index contributed by atoms with van der Waals surface area (Å²) in [6.45, 7) is 0. The summed E-state index contributed by atoms with van der Waals surface area (Å²) in [6, 6.07) is 46.6. The molecule has 9 aromatic rings. The molecule has 0 N–H and O–H groups in total. The SMILES string of the molecule is c1ccc(-c2nc(-c3cccc4sc5ccccc5c34)nc(-n3c4ccccc4c4c5ccccc5ccc43)n2)cc1. The number of benzene rings is 6. The predicted octanol–water partition coefficient (Wildman–Crippen LogP) is 9.82. The summed E-state index contributed by atoms with van der Waals surface area (Å²) in [4.78, 5) is 15.5. The molecule has 0 bridgehead atoms. The second-order valence-electron chi connectivity index (χ2n) is 10.5. The van der Waals surface area contributed by atoms with Crippen molar-refractivity contribution in [1.29, 1.82) is 0 Å². The Kier molecular flexibility index (Phi) is 5.03. The lowest BCUT2D eigenvalue weighted by atomic mass is 10.0. The Morgan fingerprint density at radius 1 is 0.452 bits per heavy atom. The lowest BCUT2D eigenvalue weighted by molar-refractivity contribution is 0.954. The van der Waals surface area contributed by atoms with Crippen LogP contribution in [0.3, 0.4) is 0 Å². The summed E-state index contributed by atoms with van der Waals surface area (Å²) in [5.74, 6) is 1.93. The van der Waals surface area contributed by atoms with Crippen LogP contribution in [0.15, 0.2) is 133 Å². The molecule has 196 valence electrons. The quantitative estimate of drug-likeness (QED) is 0.218. The van der Waals surface area contributed by atoms with Gasteiger partial charge in [0.2, 0.25) is 5.95 Å². The fourth-order valence-corrected chi connectivity index (χ4v) is 7.35. The highest BCUT2D eigenvalue weighted by Crippen LogP contribution is 2.40. The van der Waals surface area contributed by atoms with Crippen LogP contribution in [-0.4, -0.2) is 19.5 Å². The van der Waals surface area contributed by atoms with Crippen LogP contribution < -0.4 is 0 Å². The van der Waals surface area contributed by atoms with Crippen molar-refractivity contribution in [3.8, 4) is 28.7 Å². The van der Waals surface area contributed by atoms with E-state index >= 15 is 0 Å². The van der Waals surface area contributed by atoms with Crippen molar-refractivity contribution in [2.24, 2.45) is 0 Å². The average Bonchev–Trinajstić information content (AvgIpc) is 3.61. The third-order valence-electron chi connectivity index (χ3n) is 8.06. The normalized spacial score (nSPS) is 11.8. The number of nitrogens with zero attached hydrogens (tertiary/aromatic N) is 4. The summed E-state index contributed by atoms with van der Waals surface area (Å²) in [7, 11) is 0. The van der Waals surface area contributed by atoms with Crippen molar-refractivity contribution >= 4 is 64.1 Å². The average molecular weight is 555 g/mol. The first-order valence-electron chi connectivity index (χ1n) is 14.0. The Balaban J connectivity index is 1.40. The van der Waals surface area contributed by atoms with Gasteiger partial charge >= 0.3 is 0 Å². The second kappa shape index (κ2) is 9.06. The molecule has 42 heavy (non-hydrogen) atoms. The van der Waals surface area contributed by atoms with E-state index in [0.717, 1.165) is 22.2 Å². The van der Waals surface area contributed by atoms with Gasteiger partial charge in [-0.15, -0.1) is 11.3 Å². The molecule has 0 aliphatic heterocycles. The smallest absolute Gasteiger partial charge is 0.238 e. The third kappa shape index (κ3) is 3.44. The Morgan fingerprint density at radius 3 is 2.07 bits per heavy atom. The van der Waals surface area contributed by atoms with Crippen molar-refractivity contribution in [2.45, 2.75) is 0 Å². The van der Waals surface area contributed by atoms with Gasteiger partial charge in [0.1, 0.15) is 0 Å². The van der Waals surface area contributed by atoms with Crippen LogP contribution in [0.25, 0.3) is 81.5 Å². The number of fused-ring (bicyclic) bond motifs is 8. The molecule has 0 spiro atoms. The van der Waals surface area contributed by atoms with E-state index in [1.165, 1.54) is 41.7 Å². The Hall–Kier alpha value is -5.39. The molecule has 0 amide bonds. The van der Waals surface area contributed by atoms with E-state index in [1.54, 1.807) is 11.3 Å². The summed E-state index contributed by atoms with van der Waals surface area (Å²) < 4.78 is 4.67. The summed E-state index contributed by atoms with van der Waals surface area (Å²) in [5.41, 5.74) is 4.11. The number of para-hydroxylation sites is 1. The first kappa shape index (κ1) is 23.3. The van der Waals surface area contributed by atoms with Gasteiger partial charge < -0.3 is 0 Å². The van der Waals surface area contributed by atoms with Crippen LogP contribution in [0.2, 0.25) is 0 Å². The first-order valence-corrected chi connectivity index (χ1v) is 14.8. The molecule has 4 nitrogen and oxygen atoms in total. The molecule has 0 aliphatic rings. The molecule has 0 atom stereocenters. The van der Waals surface area contributed by atoms with Crippen molar-refractivity contribution in [1.82, 2.24) is 19.5 Å². The van der Waals surface area contributed by atoms with Crippen LogP contribution in [-0.2, 0) is 0 Å². The van der Waals surface area contributed by atoms with E-state index in [4.69, 9.17) is 15.0 Å². The lowest BCUT2D eigenvalue weighted by Crippen LogP contribution is -2.06. The summed E-state index contributed by atoms with van der Waals surface area (Å²) >= 11 is 1.80. The Morgan fingerprint density at radius 2 is 1.17 bits per heavy atom. The highest BCUT2D eigenvalue weighted by atomic mass is 32.1. The standard InChI is InChI=1S/C37H22N4S/c1-2-12-24(13-3-1)35-38-36(28-17-10-20-32-34(28)27-16-7-9-19-31(27)42-32)40-37(39-35)41-29-18-8-6-15-26(29)33-25-14-5-4-11-23(25)21-22-30(33)41/h1-22H. The molecule has 5 heteroatoms. The van der Waals surface area contributed by atoms with Gasteiger partial charge in [0, 0.05) is 42.1 Å². The predicted molar refractivity (Wildman–Crippen MR) is 175 cm³/mol. The Labute approximate surface area is 245 Å². The molecular weight excluding hydrogens is 533 g/mol. The Bertz CT molecular complexity index is 2470. The van der Waals surface area contributed by atoms with Crippen LogP contribution in [0, 0.1) is 0 Å². The minimum atomic E-state index is 0.608. The number of hydrogen-bond acceptors (Lipinski definition) is 4. The third-order valence-corrected chi connectivity index (χ3v) is 9.20. The maximum Gasteiger partial charge on any atom is 0.238 e. The van der Waals surface area contributed by atoms with Crippen molar-refractivity contribution in [3.63, 3.8) is 0 Å². The van der Waals surface area contributed by atoms with Gasteiger partial charge in [-0.05, 0) is 35.0 Å². The van der Waals surface area contributed by atoms with Crippen LogP contribution in [0.1, 0.15) is 0 Å². The van der Waals surface area contributed by atoms with Gasteiger partial charge in [0.25, 0.3) is 0 Å². The number of thiophene rings is 1. The first-order chi connectivity index (χ1) is 20.8. The molecule has 3 aromatic heterocycles. The highest BCUT2D eigenvalue weighted by molar-refractivity contribution is 7.25. The molecule has 0 saturated heterocycles. The van der Waals surface area contributed by atoms with Gasteiger partial charge in [0.15, 0.2) is 11.6 Å². The largest absolute Gasteiger partial charge is 0.278 e. The van der Waals surface area contributed by atoms with Gasteiger partial charge in [-0.1, -0.05) is 109 Å². The summed E-state index contributed by atoms with van der Waals surface area (Å²) in [5, 5.41) is 7.22. The zero-order chi connectivity index (χ0) is 27.6. The van der Waals surface area contributed by atoms with E-state index in [0.29, 0.717) is 17.6 Å². The molecule has 9 rings (SSSR count). The zero-order valence-corrected chi connectivity index (χ0v) is 23.2. The molecule has 0 unspecified atom stereocenters. The van der Waals surface area contributed by atoms with Gasteiger partial charge in [0.05, 0.1) is 11.0 Å². The van der Waals surface area contributed by atoms with Gasteiger partial charge in [-0.2, -0.15) is 9.97 Å². The van der Waals surface area contributed by atoms with E-state index in [1.807, 2.05) is 18.2 Å². The van der Waals surface area contributed by atoms with Crippen LogP contribution in [0.4, 0.5) is 0 Å². The number of aromatic nitrogens is 4. The van der Waals surface area contributed by atoms with E-state index in [2.05, 4.69) is 120 Å². The molecule has 6 aromatic carbocycles. The molecule has 0 radical (unpaired) electrons. The molecule has 0 aliphatic carbocycles.